The molecule has 27 heavy (non-hydrogen) atoms. The molecule has 0 aliphatic rings. The zero-order chi connectivity index (χ0) is 19.4. The fourth-order valence-electron chi connectivity index (χ4n) is 2.39. The van der Waals surface area contributed by atoms with Gasteiger partial charge in [-0.1, -0.05) is 12.1 Å². The van der Waals surface area contributed by atoms with Gasteiger partial charge in [0.05, 0.1) is 20.9 Å². The molecule has 0 atom stereocenters. The quantitative estimate of drug-likeness (QED) is 0.495. The number of benzene rings is 1. The summed E-state index contributed by atoms with van der Waals surface area (Å²) in [6.45, 7) is 1.82. The number of aryl methyl sites for hydroxylation is 1. The Labute approximate surface area is 158 Å². The third-order valence-electron chi connectivity index (χ3n) is 3.69. The lowest BCUT2D eigenvalue weighted by Gasteiger charge is -2.07. The van der Waals surface area contributed by atoms with Gasteiger partial charge < -0.3 is 15.1 Å². The van der Waals surface area contributed by atoms with Crippen molar-refractivity contribution in [1.82, 2.24) is 5.32 Å². The van der Waals surface area contributed by atoms with Crippen LogP contribution < -0.4 is 10.6 Å². The molecule has 2 aromatic heterocycles. The third kappa shape index (κ3) is 4.39. The molecule has 3 rings (SSSR count). The molecule has 0 fully saturated rings. The summed E-state index contributed by atoms with van der Waals surface area (Å²) in [5, 5.41) is 16.3. The molecule has 0 saturated heterocycles. The molecule has 2 amide bonds. The van der Waals surface area contributed by atoms with Gasteiger partial charge in [0.25, 0.3) is 17.5 Å². The number of furan rings is 1. The maximum atomic E-state index is 12.2. The summed E-state index contributed by atoms with van der Waals surface area (Å²) >= 11 is 1.07. The minimum Gasteiger partial charge on any atom is -0.459 e. The van der Waals surface area contributed by atoms with E-state index in [0.717, 1.165) is 16.9 Å². The van der Waals surface area contributed by atoms with Crippen LogP contribution in [0.4, 0.5) is 11.4 Å². The molecule has 0 aliphatic heterocycles. The molecule has 0 radical (unpaired) electrons. The summed E-state index contributed by atoms with van der Waals surface area (Å²) in [6, 6.07) is 11.4. The lowest BCUT2D eigenvalue weighted by Crippen LogP contribution is -2.22. The Kier molecular flexibility index (Phi) is 5.32. The summed E-state index contributed by atoms with van der Waals surface area (Å²) in [7, 11) is 0. The molecular formula is C18H15N3O5S. The smallest absolute Gasteiger partial charge is 0.291 e. The standard InChI is InChI=1S/C18H15N3O5S/c1-11-14(21(24)25)9-16(27-11)18(23)19-10-12-4-2-5-13(8-12)20-17(22)15-6-3-7-26-15/h2-9H,10H2,1H3,(H,19,23)(H,20,22). The topological polar surface area (TPSA) is 114 Å². The van der Waals surface area contributed by atoms with Gasteiger partial charge in [0.1, 0.15) is 0 Å². The van der Waals surface area contributed by atoms with Crippen molar-refractivity contribution in [3.05, 3.63) is 79.9 Å². The van der Waals surface area contributed by atoms with E-state index >= 15 is 0 Å². The van der Waals surface area contributed by atoms with Gasteiger partial charge in [-0.25, -0.2) is 0 Å². The van der Waals surface area contributed by atoms with Crippen LogP contribution in [0.2, 0.25) is 0 Å². The number of carbonyl (C=O) groups is 2. The van der Waals surface area contributed by atoms with Crippen molar-refractivity contribution in [2.45, 2.75) is 13.5 Å². The van der Waals surface area contributed by atoms with Crippen LogP contribution in [0.15, 0.2) is 53.1 Å². The minimum absolute atomic E-state index is 0.0622. The largest absolute Gasteiger partial charge is 0.459 e. The van der Waals surface area contributed by atoms with Crippen LogP contribution in [0.3, 0.4) is 0 Å². The molecular weight excluding hydrogens is 370 g/mol. The number of rotatable bonds is 6. The van der Waals surface area contributed by atoms with Crippen LogP contribution in [0.5, 0.6) is 0 Å². The predicted molar refractivity (Wildman–Crippen MR) is 100.0 cm³/mol. The highest BCUT2D eigenvalue weighted by Gasteiger charge is 2.19. The van der Waals surface area contributed by atoms with E-state index < -0.39 is 4.92 Å². The van der Waals surface area contributed by atoms with Crippen molar-refractivity contribution < 1.29 is 18.9 Å². The van der Waals surface area contributed by atoms with E-state index in [1.54, 1.807) is 43.3 Å². The Bertz CT molecular complexity index is 994. The minimum atomic E-state index is -0.506. The first-order valence-corrected chi connectivity index (χ1v) is 8.72. The van der Waals surface area contributed by atoms with Crippen LogP contribution >= 0.6 is 11.3 Å². The molecule has 2 heterocycles. The second-order valence-corrected chi connectivity index (χ2v) is 6.88. The summed E-state index contributed by atoms with van der Waals surface area (Å²) in [5.41, 5.74) is 1.27. The fraction of sp³-hybridized carbons (Fsp3) is 0.111. The van der Waals surface area contributed by atoms with Crippen molar-refractivity contribution in [3.63, 3.8) is 0 Å². The monoisotopic (exact) mass is 385 g/mol. The third-order valence-corrected chi connectivity index (χ3v) is 4.73. The molecule has 0 unspecified atom stereocenters. The van der Waals surface area contributed by atoms with Gasteiger partial charge in [0.15, 0.2) is 5.76 Å². The summed E-state index contributed by atoms with van der Waals surface area (Å²) in [6.07, 6.45) is 1.41. The van der Waals surface area contributed by atoms with Crippen molar-refractivity contribution in [1.29, 1.82) is 0 Å². The highest BCUT2D eigenvalue weighted by Crippen LogP contribution is 2.28. The van der Waals surface area contributed by atoms with Crippen LogP contribution in [0.1, 0.15) is 30.7 Å². The predicted octanol–water partition coefficient (Wildman–Crippen LogP) is 3.74. The average molecular weight is 385 g/mol. The van der Waals surface area contributed by atoms with Gasteiger partial charge >= 0.3 is 0 Å². The summed E-state index contributed by atoms with van der Waals surface area (Å²) < 4.78 is 5.04. The first kappa shape index (κ1) is 18.3. The highest BCUT2D eigenvalue weighted by atomic mass is 32.1. The second kappa shape index (κ2) is 7.83. The average Bonchev–Trinajstić information content (AvgIpc) is 3.29. The van der Waals surface area contributed by atoms with Crippen molar-refractivity contribution >= 4 is 34.5 Å². The highest BCUT2D eigenvalue weighted by molar-refractivity contribution is 7.14. The molecule has 138 valence electrons. The van der Waals surface area contributed by atoms with E-state index in [4.69, 9.17) is 4.42 Å². The van der Waals surface area contributed by atoms with Crippen LogP contribution in [-0.2, 0) is 6.54 Å². The normalized spacial score (nSPS) is 10.4. The second-order valence-electron chi connectivity index (χ2n) is 5.62. The fourth-order valence-corrected chi connectivity index (χ4v) is 3.30. The Hall–Kier alpha value is -3.46. The Morgan fingerprint density at radius 1 is 1.19 bits per heavy atom. The van der Waals surface area contributed by atoms with Gasteiger partial charge in [0, 0.05) is 18.3 Å². The number of nitrogens with zero attached hydrogens (tertiary/aromatic N) is 1. The summed E-state index contributed by atoms with van der Waals surface area (Å²) in [5.74, 6) is -0.563. The first-order chi connectivity index (χ1) is 12.9. The van der Waals surface area contributed by atoms with Crippen molar-refractivity contribution in [2.75, 3.05) is 5.32 Å². The van der Waals surface area contributed by atoms with Crippen LogP contribution in [-0.4, -0.2) is 16.7 Å². The van der Waals surface area contributed by atoms with Gasteiger partial charge in [-0.05, 0) is 36.8 Å². The number of amides is 2. The number of anilines is 1. The van der Waals surface area contributed by atoms with Crippen LogP contribution in [0.25, 0.3) is 0 Å². The number of thiophene rings is 1. The Morgan fingerprint density at radius 3 is 2.67 bits per heavy atom. The SMILES string of the molecule is Cc1sc(C(=O)NCc2cccc(NC(=O)c3ccco3)c2)cc1[N+](=O)[O-]. The van der Waals surface area contributed by atoms with Crippen LogP contribution in [0, 0.1) is 17.0 Å². The Balaban J connectivity index is 1.63. The number of hydrogen-bond acceptors (Lipinski definition) is 6. The maximum absolute atomic E-state index is 12.2. The number of carbonyl (C=O) groups excluding carboxylic acids is 2. The molecule has 8 nitrogen and oxygen atoms in total. The lowest BCUT2D eigenvalue weighted by molar-refractivity contribution is -0.385. The number of nitro groups is 1. The molecule has 2 N–H and O–H groups in total. The van der Waals surface area contributed by atoms with Gasteiger partial charge in [-0.15, -0.1) is 11.3 Å². The van der Waals surface area contributed by atoms with E-state index in [9.17, 15) is 19.7 Å². The maximum Gasteiger partial charge on any atom is 0.291 e. The van der Waals surface area contributed by atoms with E-state index in [1.165, 1.54) is 12.3 Å². The molecule has 9 heteroatoms. The zero-order valence-electron chi connectivity index (χ0n) is 14.2. The molecule has 0 bridgehead atoms. The number of nitrogens with one attached hydrogen (secondary N) is 2. The molecule has 1 aromatic carbocycles. The van der Waals surface area contributed by atoms with E-state index in [0.29, 0.717) is 10.6 Å². The van der Waals surface area contributed by atoms with E-state index in [2.05, 4.69) is 10.6 Å². The lowest BCUT2D eigenvalue weighted by atomic mass is 10.2. The van der Waals surface area contributed by atoms with Crippen molar-refractivity contribution in [2.24, 2.45) is 0 Å². The molecule has 0 aliphatic carbocycles. The van der Waals surface area contributed by atoms with Gasteiger partial charge in [-0.2, -0.15) is 0 Å². The zero-order valence-corrected chi connectivity index (χ0v) is 15.0. The summed E-state index contributed by atoms with van der Waals surface area (Å²) in [4.78, 5) is 35.4. The first-order valence-electron chi connectivity index (χ1n) is 7.91. The molecule has 0 spiro atoms. The van der Waals surface area contributed by atoms with E-state index in [-0.39, 0.29) is 34.7 Å². The molecule has 0 saturated carbocycles. The number of hydrogen-bond donors (Lipinski definition) is 2. The van der Waals surface area contributed by atoms with Crippen molar-refractivity contribution in [3.8, 4) is 0 Å². The van der Waals surface area contributed by atoms with Gasteiger partial charge in [0.2, 0.25) is 0 Å². The van der Waals surface area contributed by atoms with Gasteiger partial charge in [-0.3, -0.25) is 19.7 Å². The van der Waals surface area contributed by atoms with E-state index in [1.807, 2.05) is 0 Å². The molecule has 3 aromatic rings. The Morgan fingerprint density at radius 2 is 2.00 bits per heavy atom.